The number of carboxylic acid groups (broad SMARTS) is 1. The van der Waals surface area contributed by atoms with E-state index in [-0.39, 0.29) is 16.2 Å². The number of hydrogen-bond donors (Lipinski definition) is 1. The Morgan fingerprint density at radius 1 is 1.43 bits per heavy atom. The van der Waals surface area contributed by atoms with E-state index in [0.29, 0.717) is 10.9 Å². The second-order valence-electron chi connectivity index (χ2n) is 4.54. The van der Waals surface area contributed by atoms with Crippen molar-refractivity contribution in [2.24, 2.45) is 7.05 Å². The van der Waals surface area contributed by atoms with Crippen molar-refractivity contribution >= 4 is 31.7 Å². The van der Waals surface area contributed by atoms with Gasteiger partial charge >= 0.3 is 5.97 Å². The Balaban J connectivity index is 2.26. The Labute approximate surface area is 130 Å². The first-order valence-electron chi connectivity index (χ1n) is 6.03. The molecule has 6 nitrogen and oxygen atoms in total. The van der Waals surface area contributed by atoms with Gasteiger partial charge < -0.3 is 5.11 Å². The molecular formula is C13H13BrN2O4S. The van der Waals surface area contributed by atoms with Gasteiger partial charge in [-0.1, -0.05) is 0 Å². The van der Waals surface area contributed by atoms with Crippen molar-refractivity contribution in [3.8, 4) is 0 Å². The van der Waals surface area contributed by atoms with Gasteiger partial charge in [0.05, 0.1) is 22.4 Å². The van der Waals surface area contributed by atoms with Gasteiger partial charge in [-0.05, 0) is 46.1 Å². The molecule has 1 heterocycles. The van der Waals surface area contributed by atoms with Crippen LogP contribution in [0.4, 0.5) is 0 Å². The zero-order valence-electron chi connectivity index (χ0n) is 11.2. The highest BCUT2D eigenvalue weighted by molar-refractivity contribution is 9.10. The molecule has 112 valence electrons. The molecule has 1 aromatic heterocycles. The molecule has 0 radical (unpaired) electrons. The Hall–Kier alpha value is -1.67. The molecule has 0 saturated carbocycles. The van der Waals surface area contributed by atoms with E-state index in [4.69, 9.17) is 5.11 Å². The van der Waals surface area contributed by atoms with Gasteiger partial charge in [0.1, 0.15) is 0 Å². The second kappa shape index (κ2) is 5.98. The third-order valence-electron chi connectivity index (χ3n) is 2.93. The van der Waals surface area contributed by atoms with E-state index in [1.54, 1.807) is 24.1 Å². The molecule has 2 aromatic rings. The molecule has 0 bridgehead atoms. The van der Waals surface area contributed by atoms with E-state index in [2.05, 4.69) is 21.0 Å². The molecule has 21 heavy (non-hydrogen) atoms. The fourth-order valence-electron chi connectivity index (χ4n) is 1.84. The summed E-state index contributed by atoms with van der Waals surface area (Å²) in [5, 5.41) is 12.9. The number of hydrogen-bond acceptors (Lipinski definition) is 4. The van der Waals surface area contributed by atoms with Crippen molar-refractivity contribution in [1.82, 2.24) is 9.78 Å². The van der Waals surface area contributed by atoms with Crippen LogP contribution in [0.5, 0.6) is 0 Å². The number of carboxylic acids is 1. The normalized spacial score (nSPS) is 11.5. The zero-order valence-corrected chi connectivity index (χ0v) is 13.6. The van der Waals surface area contributed by atoms with Crippen LogP contribution < -0.4 is 0 Å². The van der Waals surface area contributed by atoms with Crippen molar-refractivity contribution in [3.05, 3.63) is 46.2 Å². The van der Waals surface area contributed by atoms with E-state index >= 15 is 0 Å². The van der Waals surface area contributed by atoms with Gasteiger partial charge in [0.25, 0.3) is 0 Å². The number of aromatic nitrogens is 2. The van der Waals surface area contributed by atoms with Crippen LogP contribution in [0.3, 0.4) is 0 Å². The van der Waals surface area contributed by atoms with E-state index in [9.17, 15) is 13.2 Å². The summed E-state index contributed by atoms with van der Waals surface area (Å²) in [4.78, 5) is 10.9. The summed E-state index contributed by atoms with van der Waals surface area (Å²) in [5.41, 5.74) is 0.754. The lowest BCUT2D eigenvalue weighted by atomic mass is 10.2. The quantitative estimate of drug-likeness (QED) is 0.865. The molecule has 0 atom stereocenters. The predicted octanol–water partition coefficient (Wildman–Crippen LogP) is 1.90. The number of benzene rings is 1. The summed E-state index contributed by atoms with van der Waals surface area (Å²) in [6, 6.07) is 3.96. The van der Waals surface area contributed by atoms with Crippen LogP contribution in [-0.2, 0) is 23.3 Å². The molecular weight excluding hydrogens is 360 g/mol. The number of aryl methyl sites for hydroxylation is 2. The summed E-state index contributed by atoms with van der Waals surface area (Å²) < 4.78 is 26.7. The molecule has 0 aliphatic rings. The summed E-state index contributed by atoms with van der Waals surface area (Å²) in [5.74, 6) is -1.27. The van der Waals surface area contributed by atoms with Gasteiger partial charge in [-0.15, -0.1) is 0 Å². The number of carbonyl (C=O) groups is 1. The third-order valence-corrected chi connectivity index (χ3v) is 5.63. The van der Waals surface area contributed by atoms with Crippen LogP contribution in [0.25, 0.3) is 0 Å². The molecule has 0 unspecified atom stereocenters. The minimum atomic E-state index is -3.58. The number of sulfone groups is 1. The second-order valence-corrected chi connectivity index (χ2v) is 7.47. The molecule has 0 spiro atoms. The molecule has 1 N–H and O–H groups in total. The molecule has 0 saturated heterocycles. The fraction of sp³-hybridized carbons (Fsp3) is 0.231. The van der Waals surface area contributed by atoms with E-state index < -0.39 is 15.8 Å². The van der Waals surface area contributed by atoms with Gasteiger partial charge in [0.2, 0.25) is 0 Å². The maximum absolute atomic E-state index is 12.4. The Morgan fingerprint density at radius 2 is 2.14 bits per heavy atom. The molecule has 0 fully saturated rings. The zero-order chi connectivity index (χ0) is 15.6. The van der Waals surface area contributed by atoms with Crippen molar-refractivity contribution in [3.63, 3.8) is 0 Å². The third kappa shape index (κ3) is 3.70. The van der Waals surface area contributed by atoms with Crippen molar-refractivity contribution in [1.29, 1.82) is 0 Å². The standard InChI is InChI=1S/C13H13BrN2O4S/c1-16-8-9(7-15-16)4-5-21(19,20)12-6-10(13(17)18)2-3-11(12)14/h2-3,6-8H,4-5H2,1H3,(H,17,18). The van der Waals surface area contributed by atoms with E-state index in [1.165, 1.54) is 18.2 Å². The summed E-state index contributed by atoms with van der Waals surface area (Å²) in [7, 11) is -1.83. The van der Waals surface area contributed by atoms with Gasteiger partial charge in [0, 0.05) is 17.7 Å². The molecule has 1 aromatic carbocycles. The molecule has 2 rings (SSSR count). The van der Waals surface area contributed by atoms with Gasteiger partial charge in [0.15, 0.2) is 9.84 Å². The van der Waals surface area contributed by atoms with Gasteiger partial charge in [-0.2, -0.15) is 5.10 Å². The van der Waals surface area contributed by atoms with Crippen LogP contribution in [0.2, 0.25) is 0 Å². The first kappa shape index (κ1) is 15.7. The van der Waals surface area contributed by atoms with Gasteiger partial charge in [-0.25, -0.2) is 13.2 Å². The monoisotopic (exact) mass is 372 g/mol. The Kier molecular flexibility index (Phi) is 4.48. The topological polar surface area (TPSA) is 89.3 Å². The maximum atomic E-state index is 12.4. The number of halogens is 1. The lowest BCUT2D eigenvalue weighted by Crippen LogP contribution is -2.11. The summed E-state index contributed by atoms with van der Waals surface area (Å²) in [6.07, 6.45) is 3.68. The number of aromatic carboxylic acids is 1. The minimum absolute atomic E-state index is 0.00806. The average Bonchev–Trinajstić information content (AvgIpc) is 2.82. The van der Waals surface area contributed by atoms with Crippen LogP contribution in [-0.4, -0.2) is 35.0 Å². The molecule has 8 heteroatoms. The Bertz CT molecular complexity index is 783. The number of rotatable bonds is 5. The summed E-state index contributed by atoms with van der Waals surface area (Å²) in [6.45, 7) is 0. The SMILES string of the molecule is Cn1cc(CCS(=O)(=O)c2cc(C(=O)O)ccc2Br)cn1. The highest BCUT2D eigenvalue weighted by Crippen LogP contribution is 2.25. The van der Waals surface area contributed by atoms with E-state index in [1.807, 2.05) is 0 Å². The van der Waals surface area contributed by atoms with Crippen molar-refractivity contribution in [2.45, 2.75) is 11.3 Å². The van der Waals surface area contributed by atoms with Gasteiger partial charge in [-0.3, -0.25) is 4.68 Å². The highest BCUT2D eigenvalue weighted by Gasteiger charge is 2.20. The van der Waals surface area contributed by atoms with Crippen LogP contribution >= 0.6 is 15.9 Å². The predicted molar refractivity (Wildman–Crippen MR) is 80.1 cm³/mol. The molecule has 0 aliphatic carbocycles. The lowest BCUT2D eigenvalue weighted by Gasteiger charge is -2.07. The minimum Gasteiger partial charge on any atom is -0.478 e. The highest BCUT2D eigenvalue weighted by atomic mass is 79.9. The Morgan fingerprint density at radius 3 is 2.71 bits per heavy atom. The fourth-order valence-corrected chi connectivity index (χ4v) is 4.22. The first-order chi connectivity index (χ1) is 9.79. The van der Waals surface area contributed by atoms with Crippen LogP contribution in [0.1, 0.15) is 15.9 Å². The smallest absolute Gasteiger partial charge is 0.335 e. The maximum Gasteiger partial charge on any atom is 0.335 e. The number of nitrogens with zero attached hydrogens (tertiary/aromatic N) is 2. The van der Waals surface area contributed by atoms with Crippen molar-refractivity contribution < 1.29 is 18.3 Å². The van der Waals surface area contributed by atoms with Crippen LogP contribution in [0.15, 0.2) is 40.0 Å². The first-order valence-corrected chi connectivity index (χ1v) is 8.47. The van der Waals surface area contributed by atoms with Crippen molar-refractivity contribution in [2.75, 3.05) is 5.75 Å². The largest absolute Gasteiger partial charge is 0.478 e. The van der Waals surface area contributed by atoms with E-state index in [0.717, 1.165) is 5.56 Å². The average molecular weight is 373 g/mol. The summed E-state index contributed by atoms with van der Waals surface area (Å²) >= 11 is 3.16. The van der Waals surface area contributed by atoms with Crippen LogP contribution in [0, 0.1) is 0 Å². The molecule has 0 amide bonds. The lowest BCUT2D eigenvalue weighted by molar-refractivity contribution is 0.0696. The molecule has 0 aliphatic heterocycles.